The van der Waals surface area contributed by atoms with Crippen molar-refractivity contribution in [1.29, 1.82) is 0 Å². The molecule has 0 saturated heterocycles. The minimum atomic E-state index is -0.998. The molecule has 1 amide bonds. The van der Waals surface area contributed by atoms with E-state index in [1.165, 1.54) is 0 Å². The summed E-state index contributed by atoms with van der Waals surface area (Å²) in [6, 6.07) is -0.863. The Morgan fingerprint density at radius 3 is 2.05 bits per heavy atom. The predicted octanol–water partition coefficient (Wildman–Crippen LogP) is 1.76. The van der Waals surface area contributed by atoms with Gasteiger partial charge in [0, 0.05) is 6.42 Å². The molecule has 0 bridgehead atoms. The number of carbonyl (C=O) groups excluding carboxylic acids is 1. The highest BCUT2D eigenvalue weighted by molar-refractivity contribution is 5.84. The van der Waals surface area contributed by atoms with Gasteiger partial charge in [-0.05, 0) is 30.2 Å². The quantitative estimate of drug-likeness (QED) is 0.658. The van der Waals surface area contributed by atoms with Crippen LogP contribution in [0.2, 0.25) is 0 Å². The summed E-state index contributed by atoms with van der Waals surface area (Å²) in [4.78, 5) is 23.0. The Balaban J connectivity index is 4.41. The van der Waals surface area contributed by atoms with Crippen LogP contribution in [0.25, 0.3) is 0 Å². The summed E-state index contributed by atoms with van der Waals surface area (Å²) in [5.74, 6) is -1.21. The van der Waals surface area contributed by atoms with Gasteiger partial charge in [0.1, 0.15) is 6.04 Å². The highest BCUT2D eigenvalue weighted by Gasteiger charge is 2.32. The van der Waals surface area contributed by atoms with Gasteiger partial charge in [-0.2, -0.15) is 0 Å². The van der Waals surface area contributed by atoms with Crippen molar-refractivity contribution in [3.05, 3.63) is 0 Å². The van der Waals surface area contributed by atoms with Crippen molar-refractivity contribution in [2.24, 2.45) is 16.6 Å². The normalized spacial score (nSPS) is 14.0. The summed E-state index contributed by atoms with van der Waals surface area (Å²) in [5, 5.41) is 11.7. The molecule has 0 aliphatic heterocycles. The molecule has 0 aliphatic rings. The number of nitrogens with one attached hydrogen (secondary N) is 1. The van der Waals surface area contributed by atoms with Gasteiger partial charge in [0.25, 0.3) is 0 Å². The van der Waals surface area contributed by atoms with Crippen molar-refractivity contribution in [2.75, 3.05) is 6.54 Å². The predicted molar refractivity (Wildman–Crippen MR) is 75.7 cm³/mol. The molecule has 0 fully saturated rings. The van der Waals surface area contributed by atoms with Crippen LogP contribution in [0.15, 0.2) is 0 Å². The van der Waals surface area contributed by atoms with E-state index in [2.05, 4.69) is 19.2 Å². The van der Waals surface area contributed by atoms with E-state index in [1.54, 1.807) is 20.8 Å². The lowest BCUT2D eigenvalue weighted by molar-refractivity contribution is -0.145. The number of nitrogens with two attached hydrogens (primary N) is 1. The molecule has 0 unspecified atom stereocenters. The van der Waals surface area contributed by atoms with Gasteiger partial charge in [0.05, 0.1) is 0 Å². The SMILES string of the molecule is CC(C)(CCN)CCC(=O)N[C@@H](C(=O)O)C(C)(C)C. The molecule has 0 spiro atoms. The molecule has 112 valence electrons. The Morgan fingerprint density at radius 2 is 1.68 bits per heavy atom. The molecule has 0 aromatic carbocycles. The van der Waals surface area contributed by atoms with Crippen LogP contribution < -0.4 is 11.1 Å². The Morgan fingerprint density at radius 1 is 1.16 bits per heavy atom. The van der Waals surface area contributed by atoms with E-state index >= 15 is 0 Å². The molecule has 0 heterocycles. The molecule has 0 aromatic heterocycles. The number of aliphatic carboxylic acids is 1. The van der Waals surface area contributed by atoms with Gasteiger partial charge in [0.2, 0.25) is 5.91 Å². The lowest BCUT2D eigenvalue weighted by atomic mass is 9.83. The minimum absolute atomic E-state index is 0.00649. The first-order chi connectivity index (χ1) is 8.49. The fraction of sp³-hybridized carbons (Fsp3) is 0.857. The van der Waals surface area contributed by atoms with E-state index in [1.807, 2.05) is 0 Å². The monoisotopic (exact) mass is 272 g/mol. The average molecular weight is 272 g/mol. The maximum Gasteiger partial charge on any atom is 0.326 e. The fourth-order valence-corrected chi connectivity index (χ4v) is 1.85. The zero-order valence-corrected chi connectivity index (χ0v) is 12.7. The minimum Gasteiger partial charge on any atom is -0.480 e. The number of carbonyl (C=O) groups is 2. The third kappa shape index (κ3) is 7.15. The standard InChI is InChI=1S/C14H28N2O3/c1-13(2,3)11(12(18)19)16-10(17)6-7-14(4,5)8-9-15/h11H,6-9,15H2,1-5H3,(H,16,17)(H,18,19)/t11-/m0/s1. The third-order valence-corrected chi connectivity index (χ3v) is 3.27. The molecule has 1 atom stereocenters. The molecule has 0 aliphatic carbocycles. The number of carboxylic acid groups (broad SMARTS) is 1. The largest absolute Gasteiger partial charge is 0.480 e. The zero-order chi connectivity index (χ0) is 15.3. The molecule has 0 saturated carbocycles. The number of amides is 1. The van der Waals surface area contributed by atoms with Crippen molar-refractivity contribution >= 4 is 11.9 Å². The van der Waals surface area contributed by atoms with Crippen LogP contribution in [-0.2, 0) is 9.59 Å². The summed E-state index contributed by atoms with van der Waals surface area (Å²) in [5.41, 5.74) is 5.02. The smallest absolute Gasteiger partial charge is 0.326 e. The topological polar surface area (TPSA) is 92.4 Å². The molecule has 0 radical (unpaired) electrons. The van der Waals surface area contributed by atoms with Crippen molar-refractivity contribution in [2.45, 2.75) is 59.9 Å². The molecule has 4 N–H and O–H groups in total. The fourth-order valence-electron chi connectivity index (χ4n) is 1.85. The first-order valence-electron chi connectivity index (χ1n) is 6.72. The summed E-state index contributed by atoms with van der Waals surface area (Å²) in [7, 11) is 0. The van der Waals surface area contributed by atoms with Crippen LogP contribution in [-0.4, -0.2) is 29.6 Å². The van der Waals surface area contributed by atoms with Gasteiger partial charge >= 0.3 is 5.97 Å². The van der Waals surface area contributed by atoms with Gasteiger partial charge in [-0.1, -0.05) is 34.6 Å². The van der Waals surface area contributed by atoms with Crippen molar-refractivity contribution in [1.82, 2.24) is 5.32 Å². The van der Waals surface area contributed by atoms with E-state index in [-0.39, 0.29) is 11.3 Å². The van der Waals surface area contributed by atoms with E-state index in [9.17, 15) is 9.59 Å². The van der Waals surface area contributed by atoms with Crippen LogP contribution in [0.4, 0.5) is 0 Å². The van der Waals surface area contributed by atoms with Crippen molar-refractivity contribution in [3.8, 4) is 0 Å². The second-order valence-corrected chi connectivity index (χ2v) is 6.91. The summed E-state index contributed by atoms with van der Waals surface area (Å²) in [6.45, 7) is 10.1. The Kier molecular flexibility index (Phi) is 6.49. The van der Waals surface area contributed by atoms with Gasteiger partial charge in [-0.15, -0.1) is 0 Å². The number of hydrogen-bond donors (Lipinski definition) is 3. The van der Waals surface area contributed by atoms with Gasteiger partial charge in [0.15, 0.2) is 0 Å². The number of hydrogen-bond acceptors (Lipinski definition) is 3. The number of carboxylic acids is 1. The molecular formula is C14H28N2O3. The molecule has 0 rings (SSSR count). The van der Waals surface area contributed by atoms with E-state index < -0.39 is 17.4 Å². The van der Waals surface area contributed by atoms with Gasteiger partial charge in [-0.3, -0.25) is 4.79 Å². The maximum atomic E-state index is 11.8. The maximum absolute atomic E-state index is 11.8. The van der Waals surface area contributed by atoms with Crippen LogP contribution in [0, 0.1) is 10.8 Å². The molecule has 19 heavy (non-hydrogen) atoms. The van der Waals surface area contributed by atoms with Gasteiger partial charge in [-0.25, -0.2) is 4.79 Å². The Bertz CT molecular complexity index is 319. The number of rotatable bonds is 7. The average Bonchev–Trinajstić information content (AvgIpc) is 2.21. The highest BCUT2D eigenvalue weighted by Crippen LogP contribution is 2.26. The summed E-state index contributed by atoms with van der Waals surface area (Å²) < 4.78 is 0. The molecule has 5 heteroatoms. The van der Waals surface area contributed by atoms with Crippen LogP contribution >= 0.6 is 0 Å². The van der Waals surface area contributed by atoms with Gasteiger partial charge < -0.3 is 16.2 Å². The molecular weight excluding hydrogens is 244 g/mol. The van der Waals surface area contributed by atoms with Crippen LogP contribution in [0.3, 0.4) is 0 Å². The second kappa shape index (κ2) is 6.89. The Labute approximate surface area is 115 Å². The van der Waals surface area contributed by atoms with Crippen LogP contribution in [0.1, 0.15) is 53.9 Å². The lowest BCUT2D eigenvalue weighted by Crippen LogP contribution is -2.49. The molecule has 5 nitrogen and oxygen atoms in total. The Hall–Kier alpha value is -1.10. The second-order valence-electron chi connectivity index (χ2n) is 6.91. The van der Waals surface area contributed by atoms with E-state index in [0.29, 0.717) is 19.4 Å². The first kappa shape index (κ1) is 17.9. The summed E-state index contributed by atoms with van der Waals surface area (Å²) >= 11 is 0. The van der Waals surface area contributed by atoms with Crippen molar-refractivity contribution < 1.29 is 14.7 Å². The van der Waals surface area contributed by atoms with Crippen LogP contribution in [0.5, 0.6) is 0 Å². The lowest BCUT2D eigenvalue weighted by Gasteiger charge is -2.29. The van der Waals surface area contributed by atoms with Crippen molar-refractivity contribution in [3.63, 3.8) is 0 Å². The summed E-state index contributed by atoms with van der Waals surface area (Å²) in [6.07, 6.45) is 1.88. The van der Waals surface area contributed by atoms with E-state index in [4.69, 9.17) is 10.8 Å². The third-order valence-electron chi connectivity index (χ3n) is 3.27. The highest BCUT2D eigenvalue weighted by atomic mass is 16.4. The van der Waals surface area contributed by atoms with E-state index in [0.717, 1.165) is 6.42 Å². The zero-order valence-electron chi connectivity index (χ0n) is 12.7. The first-order valence-corrected chi connectivity index (χ1v) is 6.72. The molecule has 0 aromatic rings.